The third-order valence-electron chi connectivity index (χ3n) is 6.72. The van der Waals surface area contributed by atoms with Crippen molar-refractivity contribution in [2.45, 2.75) is 31.3 Å². The van der Waals surface area contributed by atoms with Gasteiger partial charge in [-0.3, -0.25) is 9.78 Å². The number of anilines is 1. The molecule has 33 heavy (non-hydrogen) atoms. The topological polar surface area (TPSA) is 88.8 Å². The lowest BCUT2D eigenvalue weighted by Gasteiger charge is -2.25. The van der Waals surface area contributed by atoms with Crippen LogP contribution in [-0.2, 0) is 0 Å². The molecule has 1 N–H and O–H groups in total. The van der Waals surface area contributed by atoms with Gasteiger partial charge in [-0.1, -0.05) is 12.1 Å². The Hall–Kier alpha value is -3.88. The van der Waals surface area contributed by atoms with E-state index < -0.39 is 5.82 Å². The lowest BCUT2D eigenvalue weighted by atomic mass is 9.89. The zero-order valence-electron chi connectivity index (χ0n) is 17.8. The number of aromatic nitrogens is 5. The average molecular weight is 443 g/mol. The highest BCUT2D eigenvalue weighted by Crippen LogP contribution is 2.43. The summed E-state index contributed by atoms with van der Waals surface area (Å²) in [6.07, 6.45) is 7.64. The number of nitrogens with one attached hydrogen (secondary N) is 1. The van der Waals surface area contributed by atoms with E-state index in [2.05, 4.69) is 25.5 Å². The first kappa shape index (κ1) is 19.8. The molecule has 2 aliphatic heterocycles. The Kier molecular flexibility index (Phi) is 4.74. The summed E-state index contributed by atoms with van der Waals surface area (Å²) >= 11 is 0. The van der Waals surface area contributed by atoms with E-state index in [-0.39, 0.29) is 23.6 Å². The van der Waals surface area contributed by atoms with Gasteiger partial charge in [0.2, 0.25) is 0 Å². The largest absolute Gasteiger partial charge is 0.368 e. The smallest absolute Gasteiger partial charge is 0.256 e. The quantitative estimate of drug-likeness (QED) is 0.508. The van der Waals surface area contributed by atoms with Gasteiger partial charge in [-0.25, -0.2) is 9.37 Å². The third-order valence-corrected chi connectivity index (χ3v) is 6.72. The van der Waals surface area contributed by atoms with E-state index in [9.17, 15) is 9.18 Å². The molecular weight excluding hydrogens is 421 g/mol. The van der Waals surface area contributed by atoms with Gasteiger partial charge < -0.3 is 10.2 Å². The highest BCUT2D eigenvalue weighted by molar-refractivity contribution is 5.98. The summed E-state index contributed by atoms with van der Waals surface area (Å²) in [5.74, 6) is 0.406. The van der Waals surface area contributed by atoms with Crippen LogP contribution in [0, 0.1) is 11.7 Å². The minimum atomic E-state index is -0.450. The van der Waals surface area contributed by atoms with E-state index in [1.165, 1.54) is 29.3 Å². The molecule has 8 nitrogen and oxygen atoms in total. The van der Waals surface area contributed by atoms with E-state index in [0.717, 1.165) is 36.1 Å². The van der Waals surface area contributed by atoms with Crippen molar-refractivity contribution >= 4 is 22.8 Å². The molecule has 3 unspecified atom stereocenters. The van der Waals surface area contributed by atoms with Gasteiger partial charge in [0, 0.05) is 18.6 Å². The summed E-state index contributed by atoms with van der Waals surface area (Å²) in [4.78, 5) is 26.0. The second kappa shape index (κ2) is 7.91. The number of carbonyl (C=O) groups excluding carboxylic acids is 1. The Morgan fingerprint density at radius 1 is 1.09 bits per heavy atom. The number of hydrogen-bond donors (Lipinski definition) is 1. The maximum atomic E-state index is 14.1. The van der Waals surface area contributed by atoms with Crippen molar-refractivity contribution in [3.63, 3.8) is 0 Å². The standard InChI is InChI=1S/C24H22FN7O/c25-16-5-7-22(32-28-9-10-29-32)18(12-16)24(33)31-17-6-8-21(31)15(11-17)13-27-23-14-26-19-3-1-2-4-20(19)30-23/h1-5,7,9-10,12,14-15,17,21H,6,8,11,13H2,(H,27,30). The lowest BCUT2D eigenvalue weighted by molar-refractivity contribution is 0.0719. The minimum Gasteiger partial charge on any atom is -0.368 e. The Bertz CT molecular complexity index is 1330. The van der Waals surface area contributed by atoms with Gasteiger partial charge in [0.25, 0.3) is 5.91 Å². The average Bonchev–Trinajstić information content (AvgIpc) is 3.59. The van der Waals surface area contributed by atoms with Crippen LogP contribution in [0.2, 0.25) is 0 Å². The molecule has 166 valence electrons. The SMILES string of the molecule is O=C(c1cc(F)ccc1-n1nccn1)N1C2CCC1C(CNc1cnc3ccccc3n1)C2. The van der Waals surface area contributed by atoms with E-state index in [4.69, 9.17) is 0 Å². The summed E-state index contributed by atoms with van der Waals surface area (Å²) in [6, 6.07) is 12.2. The molecule has 4 heterocycles. The second-order valence-corrected chi connectivity index (χ2v) is 8.61. The number of para-hydroxylation sites is 2. The molecular formula is C24H22FN7O. The van der Waals surface area contributed by atoms with E-state index in [1.54, 1.807) is 12.3 Å². The van der Waals surface area contributed by atoms with Gasteiger partial charge in [0.1, 0.15) is 11.6 Å². The van der Waals surface area contributed by atoms with Gasteiger partial charge in [-0.2, -0.15) is 15.0 Å². The number of carbonyl (C=O) groups is 1. The van der Waals surface area contributed by atoms with Crippen LogP contribution in [0.1, 0.15) is 29.6 Å². The van der Waals surface area contributed by atoms with Crippen LogP contribution >= 0.6 is 0 Å². The zero-order valence-corrected chi connectivity index (χ0v) is 17.8. The number of nitrogens with zero attached hydrogens (tertiary/aromatic N) is 6. The van der Waals surface area contributed by atoms with Crippen LogP contribution in [0.15, 0.2) is 61.1 Å². The molecule has 2 saturated heterocycles. The fourth-order valence-corrected chi connectivity index (χ4v) is 5.26. The molecule has 0 radical (unpaired) electrons. The summed E-state index contributed by atoms with van der Waals surface area (Å²) < 4.78 is 14.1. The van der Waals surface area contributed by atoms with E-state index >= 15 is 0 Å². The summed E-state index contributed by atoms with van der Waals surface area (Å²) in [5.41, 5.74) is 2.48. The fraction of sp³-hybridized carbons (Fsp3) is 0.292. The molecule has 9 heteroatoms. The van der Waals surface area contributed by atoms with Crippen molar-refractivity contribution in [3.8, 4) is 5.69 Å². The van der Waals surface area contributed by atoms with Crippen LogP contribution < -0.4 is 5.32 Å². The van der Waals surface area contributed by atoms with Crippen LogP contribution in [0.4, 0.5) is 10.2 Å². The zero-order chi connectivity index (χ0) is 22.4. The van der Waals surface area contributed by atoms with Crippen LogP contribution in [0.25, 0.3) is 16.7 Å². The fourth-order valence-electron chi connectivity index (χ4n) is 5.26. The van der Waals surface area contributed by atoms with Crippen LogP contribution in [-0.4, -0.2) is 54.4 Å². The molecule has 2 aliphatic rings. The molecule has 6 rings (SSSR count). The molecule has 2 aromatic carbocycles. The Balaban J connectivity index is 1.21. The number of hydrogen-bond acceptors (Lipinski definition) is 6. The first-order valence-corrected chi connectivity index (χ1v) is 11.1. The van der Waals surface area contributed by atoms with Gasteiger partial charge in [-0.05, 0) is 55.5 Å². The molecule has 2 fully saturated rings. The van der Waals surface area contributed by atoms with Gasteiger partial charge in [0.15, 0.2) is 0 Å². The van der Waals surface area contributed by atoms with Gasteiger partial charge in [-0.15, -0.1) is 0 Å². The molecule has 1 amide bonds. The first-order valence-electron chi connectivity index (χ1n) is 11.1. The number of rotatable bonds is 5. The normalized spacial score (nSPS) is 21.6. The van der Waals surface area contributed by atoms with Crippen molar-refractivity contribution < 1.29 is 9.18 Å². The number of benzene rings is 2. The maximum absolute atomic E-state index is 14.1. The summed E-state index contributed by atoms with van der Waals surface area (Å²) in [6.45, 7) is 0.703. The molecule has 4 aromatic rings. The van der Waals surface area contributed by atoms with Crippen LogP contribution in [0.5, 0.6) is 0 Å². The molecule has 0 aliphatic carbocycles. The van der Waals surface area contributed by atoms with Gasteiger partial charge in [0.05, 0.1) is 40.9 Å². The predicted molar refractivity (Wildman–Crippen MR) is 120 cm³/mol. The van der Waals surface area contributed by atoms with Crippen molar-refractivity contribution in [3.05, 3.63) is 72.4 Å². The molecule has 0 spiro atoms. The monoisotopic (exact) mass is 443 g/mol. The Labute approximate surface area is 189 Å². The number of halogens is 1. The van der Waals surface area contributed by atoms with Crippen molar-refractivity contribution in [1.82, 2.24) is 29.9 Å². The molecule has 2 bridgehead atoms. The molecule has 2 aromatic heterocycles. The van der Waals surface area contributed by atoms with Crippen molar-refractivity contribution in [1.29, 1.82) is 0 Å². The van der Waals surface area contributed by atoms with Gasteiger partial charge >= 0.3 is 0 Å². The first-order chi connectivity index (χ1) is 16.2. The Morgan fingerprint density at radius 2 is 1.91 bits per heavy atom. The lowest BCUT2D eigenvalue weighted by Crippen LogP contribution is -2.38. The van der Waals surface area contributed by atoms with Crippen LogP contribution in [0.3, 0.4) is 0 Å². The summed E-state index contributed by atoms with van der Waals surface area (Å²) in [7, 11) is 0. The van der Waals surface area contributed by atoms with E-state index in [1.807, 2.05) is 29.2 Å². The number of amides is 1. The third kappa shape index (κ3) is 3.49. The van der Waals surface area contributed by atoms with E-state index in [0.29, 0.717) is 18.2 Å². The molecule has 3 atom stereocenters. The summed E-state index contributed by atoms with van der Waals surface area (Å²) in [5, 5.41) is 11.7. The predicted octanol–water partition coefficient (Wildman–Crippen LogP) is 3.45. The second-order valence-electron chi connectivity index (χ2n) is 8.61. The highest BCUT2D eigenvalue weighted by Gasteiger charge is 2.48. The van der Waals surface area contributed by atoms with Crippen molar-refractivity contribution in [2.24, 2.45) is 5.92 Å². The number of fused-ring (bicyclic) bond motifs is 3. The molecule has 0 saturated carbocycles. The minimum absolute atomic E-state index is 0.102. The van der Waals surface area contributed by atoms with Crippen molar-refractivity contribution in [2.75, 3.05) is 11.9 Å². The maximum Gasteiger partial charge on any atom is 0.256 e. The Morgan fingerprint density at radius 3 is 2.76 bits per heavy atom. The highest BCUT2D eigenvalue weighted by atomic mass is 19.1.